The van der Waals surface area contributed by atoms with Gasteiger partial charge in [0.2, 0.25) is 0 Å². The molecule has 194 valence electrons. The van der Waals surface area contributed by atoms with Gasteiger partial charge in [-0.25, -0.2) is 0 Å². The van der Waals surface area contributed by atoms with Gasteiger partial charge in [-0.05, 0) is 29.5 Å². The van der Waals surface area contributed by atoms with E-state index in [4.69, 9.17) is 0 Å². The fourth-order valence-corrected chi connectivity index (χ4v) is 3.21. The van der Waals surface area contributed by atoms with Crippen LogP contribution in [0.1, 0.15) is 5.56 Å². The molecule has 38 heavy (non-hydrogen) atoms. The number of benzene rings is 2. The van der Waals surface area contributed by atoms with Gasteiger partial charge in [0, 0.05) is 30.0 Å². The number of aromatic nitrogens is 3. The standard InChI is InChI=1S/C16H9F2N2.C12H7F3N.ClH.Ir/c17-13-10-14(18)12(16-6-2-4-8-20-16)9-11(13)15-5-1-3-7-19-15;13-12(14,15)10-5-3-4-9(8-10)11-6-1-2-7-16-11;;/h1-8,10H;1-3,5-8H;1H;/q2*-1;;+3/p-1. The molecule has 0 radical (unpaired) electrons. The van der Waals surface area contributed by atoms with Crippen molar-refractivity contribution in [2.45, 2.75) is 6.18 Å². The summed E-state index contributed by atoms with van der Waals surface area (Å²) in [5.74, 6) is -1.39. The second-order valence-electron chi connectivity index (χ2n) is 7.35. The van der Waals surface area contributed by atoms with Crippen LogP contribution in [0.4, 0.5) is 22.0 Å². The fourth-order valence-electron chi connectivity index (χ4n) is 3.21. The van der Waals surface area contributed by atoms with Gasteiger partial charge < -0.3 is 4.98 Å². The Morgan fingerprint density at radius 3 is 1.55 bits per heavy atom. The van der Waals surface area contributed by atoms with E-state index in [0.29, 0.717) is 22.6 Å². The molecule has 0 bridgehead atoms. The molecule has 0 saturated heterocycles. The number of hydrogen-bond acceptors (Lipinski definition) is 3. The zero-order valence-corrected chi connectivity index (χ0v) is 22.3. The molecule has 0 saturated carbocycles. The van der Waals surface area contributed by atoms with Gasteiger partial charge in [-0.3, -0.25) is 18.7 Å². The van der Waals surface area contributed by atoms with E-state index < -0.39 is 23.4 Å². The molecule has 0 aliphatic rings. The van der Waals surface area contributed by atoms with Crippen LogP contribution in [0.2, 0.25) is 0 Å². The van der Waals surface area contributed by atoms with Crippen molar-refractivity contribution in [1.82, 2.24) is 15.0 Å². The maximum absolute atomic E-state index is 13.9. The first kappa shape index (κ1) is 29.0. The van der Waals surface area contributed by atoms with Gasteiger partial charge in [0.05, 0.1) is 11.6 Å². The van der Waals surface area contributed by atoms with Gasteiger partial charge in [-0.2, -0.15) is 13.2 Å². The van der Waals surface area contributed by atoms with Gasteiger partial charge in [0.25, 0.3) is 0 Å². The molecule has 0 fully saturated rings. The van der Waals surface area contributed by atoms with Crippen molar-refractivity contribution in [2.24, 2.45) is 0 Å². The zero-order chi connectivity index (χ0) is 27.5. The van der Waals surface area contributed by atoms with Crippen LogP contribution in [-0.4, -0.2) is 15.0 Å². The second kappa shape index (κ2) is 13.9. The van der Waals surface area contributed by atoms with Crippen molar-refractivity contribution in [3.8, 4) is 33.8 Å². The van der Waals surface area contributed by atoms with Crippen molar-refractivity contribution >= 4 is 9.58 Å². The molecule has 5 rings (SSSR count). The Labute approximate surface area is 230 Å². The van der Waals surface area contributed by atoms with Crippen LogP contribution in [-0.2, 0) is 24.1 Å². The predicted molar refractivity (Wildman–Crippen MR) is 131 cm³/mol. The Morgan fingerprint density at radius 1 is 0.658 bits per heavy atom. The Hall–Kier alpha value is -3.52. The Balaban J connectivity index is 0.000000202. The van der Waals surface area contributed by atoms with Crippen molar-refractivity contribution in [3.63, 3.8) is 0 Å². The van der Waals surface area contributed by atoms with Crippen LogP contribution < -0.4 is 0 Å². The van der Waals surface area contributed by atoms with Crippen molar-refractivity contribution in [1.29, 1.82) is 0 Å². The van der Waals surface area contributed by atoms with Crippen molar-refractivity contribution in [2.75, 3.05) is 0 Å². The number of rotatable bonds is 3. The van der Waals surface area contributed by atoms with E-state index in [1.54, 1.807) is 67.0 Å². The molecule has 5 aromatic rings. The topological polar surface area (TPSA) is 38.7 Å². The summed E-state index contributed by atoms with van der Waals surface area (Å²) in [5.41, 5.74) is 1.21. The van der Waals surface area contributed by atoms with Crippen molar-refractivity contribution < 1.29 is 39.8 Å². The van der Waals surface area contributed by atoms with Gasteiger partial charge in [-0.15, -0.1) is 35.9 Å². The van der Waals surface area contributed by atoms with Gasteiger partial charge >= 0.3 is 33.6 Å². The van der Waals surface area contributed by atoms with E-state index in [0.717, 1.165) is 18.2 Å². The number of hydrogen-bond donors (Lipinski definition) is 0. The first-order valence-electron chi connectivity index (χ1n) is 10.7. The number of pyridine rings is 3. The van der Waals surface area contributed by atoms with E-state index >= 15 is 0 Å². The molecule has 0 N–H and O–H groups in total. The summed E-state index contributed by atoms with van der Waals surface area (Å²) in [6.07, 6.45) is 0.293. The summed E-state index contributed by atoms with van der Waals surface area (Å²) in [4.78, 5) is 12.1. The second-order valence-corrected chi connectivity index (χ2v) is 7.35. The predicted octanol–water partition coefficient (Wildman–Crippen LogP) is 8.14. The van der Waals surface area contributed by atoms with E-state index in [1.807, 2.05) is 0 Å². The van der Waals surface area contributed by atoms with Crippen LogP contribution >= 0.6 is 9.58 Å². The van der Waals surface area contributed by atoms with E-state index in [2.05, 4.69) is 36.7 Å². The third-order valence-electron chi connectivity index (χ3n) is 4.89. The van der Waals surface area contributed by atoms with Gasteiger partial charge in [0.1, 0.15) is 0 Å². The Morgan fingerprint density at radius 2 is 1.13 bits per heavy atom. The van der Waals surface area contributed by atoms with E-state index in [9.17, 15) is 22.0 Å². The zero-order valence-electron chi connectivity index (χ0n) is 19.2. The summed E-state index contributed by atoms with van der Waals surface area (Å²) in [6, 6.07) is 24.9. The molecule has 0 atom stereocenters. The van der Waals surface area contributed by atoms with Gasteiger partial charge in [0.15, 0.2) is 0 Å². The summed E-state index contributed by atoms with van der Waals surface area (Å²) in [7, 11) is 4.64. The fraction of sp³-hybridized carbons (Fsp3) is 0.0357. The molecule has 0 unspecified atom stereocenters. The van der Waals surface area contributed by atoms with Gasteiger partial charge in [-0.1, -0.05) is 53.6 Å². The minimum absolute atomic E-state index is 0.132. The number of alkyl halides is 3. The molecule has 0 spiro atoms. The average Bonchev–Trinajstić information content (AvgIpc) is 2.96. The Bertz CT molecular complexity index is 1380. The minimum atomic E-state index is -4.33. The maximum atomic E-state index is 13.9. The van der Waals surface area contributed by atoms with E-state index in [1.165, 1.54) is 30.2 Å². The normalized spacial score (nSPS) is 10.5. The molecule has 3 heterocycles. The summed E-state index contributed by atoms with van der Waals surface area (Å²) >= 11 is 1.47. The third kappa shape index (κ3) is 7.74. The molecular formula is C28H16ClF5IrN3. The molecule has 0 amide bonds. The molecule has 10 heteroatoms. The van der Waals surface area contributed by atoms with Crippen LogP contribution in [0, 0.1) is 23.8 Å². The SMILES string of the molecule is FC(F)(F)c1cc[c-]c(-c2ccccn2)c1.Fc1cc(F)c(-c2ccccn2)[c-]c1-c1ccccn1.[Cl][Ir+2]. The Kier molecular flexibility index (Phi) is 10.6. The summed E-state index contributed by atoms with van der Waals surface area (Å²) in [6.45, 7) is 0. The third-order valence-corrected chi connectivity index (χ3v) is 4.89. The van der Waals surface area contributed by atoms with Crippen LogP contribution in [0.25, 0.3) is 33.8 Å². The first-order chi connectivity index (χ1) is 18.3. The molecule has 3 nitrogen and oxygen atoms in total. The quantitative estimate of drug-likeness (QED) is 0.140. The monoisotopic (exact) mass is 717 g/mol. The number of halogens is 6. The van der Waals surface area contributed by atoms with E-state index in [-0.39, 0.29) is 11.1 Å². The molecule has 3 aromatic heterocycles. The van der Waals surface area contributed by atoms with Crippen LogP contribution in [0.3, 0.4) is 0 Å². The average molecular weight is 717 g/mol. The number of nitrogens with zero attached hydrogens (tertiary/aromatic N) is 3. The van der Waals surface area contributed by atoms with Crippen molar-refractivity contribution in [3.05, 3.63) is 127 Å². The molecule has 2 aromatic carbocycles. The van der Waals surface area contributed by atoms with Crippen LogP contribution in [0.5, 0.6) is 0 Å². The molecular weight excluding hydrogens is 701 g/mol. The molecule has 0 aliphatic heterocycles. The summed E-state index contributed by atoms with van der Waals surface area (Å²) in [5, 5.41) is 0. The molecule has 0 aliphatic carbocycles. The first-order valence-corrected chi connectivity index (χ1v) is 13.7. The summed E-state index contributed by atoms with van der Waals surface area (Å²) < 4.78 is 65.1. The van der Waals surface area contributed by atoms with Crippen LogP contribution in [0.15, 0.2) is 97.5 Å².